The monoisotopic (exact) mass is 297 g/mol. The van der Waals surface area contributed by atoms with Gasteiger partial charge in [0.05, 0.1) is 0 Å². The standard InChI is InChI=1S/C11H24ClN3O2S/c1-13(2)8-9-15(18(16,17)10-12)11-4-6-14(3)7-5-11/h11H,4-10H2,1-3H3. The molecule has 0 amide bonds. The number of alkyl halides is 1. The highest BCUT2D eigenvalue weighted by molar-refractivity contribution is 7.90. The molecule has 0 saturated carbocycles. The molecule has 1 rings (SSSR count). The maximum Gasteiger partial charge on any atom is 0.228 e. The molecule has 108 valence electrons. The summed E-state index contributed by atoms with van der Waals surface area (Å²) in [4.78, 5) is 4.22. The number of likely N-dealkylation sites (N-methyl/N-ethyl adjacent to an activating group) is 1. The number of sulfonamides is 1. The van der Waals surface area contributed by atoms with E-state index in [1.54, 1.807) is 4.31 Å². The molecule has 0 radical (unpaired) electrons. The quantitative estimate of drug-likeness (QED) is 0.669. The van der Waals surface area contributed by atoms with Gasteiger partial charge in [-0.1, -0.05) is 0 Å². The van der Waals surface area contributed by atoms with Crippen LogP contribution in [0.25, 0.3) is 0 Å². The molecule has 0 atom stereocenters. The summed E-state index contributed by atoms with van der Waals surface area (Å²) in [5.74, 6) is 0. The summed E-state index contributed by atoms with van der Waals surface area (Å²) >= 11 is 5.60. The van der Waals surface area contributed by atoms with Crippen molar-refractivity contribution in [3.63, 3.8) is 0 Å². The van der Waals surface area contributed by atoms with E-state index >= 15 is 0 Å². The van der Waals surface area contributed by atoms with Gasteiger partial charge < -0.3 is 9.80 Å². The average Bonchev–Trinajstić information content (AvgIpc) is 2.31. The van der Waals surface area contributed by atoms with Gasteiger partial charge in [0.1, 0.15) is 5.21 Å². The van der Waals surface area contributed by atoms with Crippen molar-refractivity contribution in [1.82, 2.24) is 14.1 Å². The predicted octanol–water partition coefficient (Wildman–Crippen LogP) is 0.470. The van der Waals surface area contributed by atoms with Crippen LogP contribution in [-0.2, 0) is 10.0 Å². The Morgan fingerprint density at radius 1 is 1.22 bits per heavy atom. The average molecular weight is 298 g/mol. The molecule has 1 fully saturated rings. The lowest BCUT2D eigenvalue weighted by Crippen LogP contribution is -2.48. The van der Waals surface area contributed by atoms with E-state index in [9.17, 15) is 8.42 Å². The summed E-state index contributed by atoms with van der Waals surface area (Å²) in [5.41, 5.74) is 0. The molecule has 0 bridgehead atoms. The normalized spacial score (nSPS) is 19.9. The van der Waals surface area contributed by atoms with Crippen LogP contribution >= 0.6 is 11.6 Å². The molecular weight excluding hydrogens is 274 g/mol. The van der Waals surface area contributed by atoms with Crippen LogP contribution in [0.1, 0.15) is 12.8 Å². The molecule has 0 aliphatic carbocycles. The van der Waals surface area contributed by atoms with E-state index in [4.69, 9.17) is 11.6 Å². The molecule has 0 spiro atoms. The molecule has 0 aromatic rings. The van der Waals surface area contributed by atoms with Crippen molar-refractivity contribution < 1.29 is 8.42 Å². The first-order valence-corrected chi connectivity index (χ1v) is 8.40. The lowest BCUT2D eigenvalue weighted by Gasteiger charge is -2.36. The highest BCUT2D eigenvalue weighted by Crippen LogP contribution is 2.19. The largest absolute Gasteiger partial charge is 0.308 e. The van der Waals surface area contributed by atoms with Gasteiger partial charge in [-0.15, -0.1) is 11.6 Å². The third-order valence-corrected chi connectivity index (χ3v) is 5.66. The fourth-order valence-electron chi connectivity index (χ4n) is 2.19. The summed E-state index contributed by atoms with van der Waals surface area (Å²) in [6, 6.07) is 0.102. The molecule has 0 unspecified atom stereocenters. The fraction of sp³-hybridized carbons (Fsp3) is 1.00. The minimum Gasteiger partial charge on any atom is -0.308 e. The summed E-state index contributed by atoms with van der Waals surface area (Å²) in [5, 5.41) is -0.327. The van der Waals surface area contributed by atoms with Crippen LogP contribution in [0.2, 0.25) is 0 Å². The number of nitrogens with zero attached hydrogens (tertiary/aromatic N) is 3. The van der Waals surface area contributed by atoms with Crippen molar-refractivity contribution in [3.8, 4) is 0 Å². The van der Waals surface area contributed by atoms with Gasteiger partial charge >= 0.3 is 0 Å². The van der Waals surface area contributed by atoms with Crippen molar-refractivity contribution in [2.24, 2.45) is 0 Å². The zero-order valence-corrected chi connectivity index (χ0v) is 13.0. The van der Waals surface area contributed by atoms with Crippen molar-refractivity contribution >= 4 is 21.6 Å². The molecule has 1 heterocycles. The van der Waals surface area contributed by atoms with Gasteiger partial charge in [-0.2, -0.15) is 4.31 Å². The highest BCUT2D eigenvalue weighted by Gasteiger charge is 2.31. The minimum absolute atomic E-state index is 0.102. The SMILES string of the molecule is CN(C)CCN(C1CCN(C)CC1)S(=O)(=O)CCl. The second-order valence-corrected chi connectivity index (χ2v) is 7.68. The number of hydrogen-bond acceptors (Lipinski definition) is 4. The summed E-state index contributed by atoms with van der Waals surface area (Å²) in [6.07, 6.45) is 1.78. The molecule has 18 heavy (non-hydrogen) atoms. The van der Waals surface area contributed by atoms with Crippen molar-refractivity contribution in [2.75, 3.05) is 52.5 Å². The molecule has 5 nitrogen and oxygen atoms in total. The molecule has 7 heteroatoms. The lowest BCUT2D eigenvalue weighted by molar-refractivity contribution is 0.176. The van der Waals surface area contributed by atoms with Crippen LogP contribution in [0.15, 0.2) is 0 Å². The van der Waals surface area contributed by atoms with E-state index in [1.165, 1.54) is 0 Å². The fourth-order valence-corrected chi connectivity index (χ4v) is 3.72. The molecule has 1 saturated heterocycles. The third kappa shape index (κ3) is 4.66. The highest BCUT2D eigenvalue weighted by atomic mass is 35.5. The van der Waals surface area contributed by atoms with Crippen LogP contribution < -0.4 is 0 Å². The lowest BCUT2D eigenvalue weighted by atomic mass is 10.1. The van der Waals surface area contributed by atoms with Gasteiger partial charge in [-0.3, -0.25) is 0 Å². The summed E-state index contributed by atoms with van der Waals surface area (Å²) < 4.78 is 25.7. The maximum absolute atomic E-state index is 12.1. The smallest absolute Gasteiger partial charge is 0.228 e. The second-order valence-electron chi connectivity index (χ2n) is 5.17. The molecular formula is C11H24ClN3O2S. The Bertz CT molecular complexity index is 340. The molecule has 0 aromatic heterocycles. The Morgan fingerprint density at radius 2 is 1.78 bits per heavy atom. The second kappa shape index (κ2) is 7.05. The van der Waals surface area contributed by atoms with Gasteiger partial charge in [0, 0.05) is 19.1 Å². The van der Waals surface area contributed by atoms with Crippen LogP contribution in [0, 0.1) is 0 Å². The topological polar surface area (TPSA) is 43.9 Å². The van der Waals surface area contributed by atoms with Gasteiger partial charge in [0.25, 0.3) is 0 Å². The first kappa shape index (κ1) is 16.2. The van der Waals surface area contributed by atoms with E-state index in [1.807, 2.05) is 19.0 Å². The Hall–Kier alpha value is 0.120. The van der Waals surface area contributed by atoms with E-state index in [0.717, 1.165) is 32.5 Å². The van der Waals surface area contributed by atoms with Gasteiger partial charge in [-0.05, 0) is 47.1 Å². The van der Waals surface area contributed by atoms with E-state index in [2.05, 4.69) is 11.9 Å². The maximum atomic E-state index is 12.1. The molecule has 1 aliphatic heterocycles. The van der Waals surface area contributed by atoms with Gasteiger partial charge in [-0.25, -0.2) is 8.42 Å². The van der Waals surface area contributed by atoms with Crippen molar-refractivity contribution in [3.05, 3.63) is 0 Å². The van der Waals surface area contributed by atoms with Crippen molar-refractivity contribution in [2.45, 2.75) is 18.9 Å². The zero-order chi connectivity index (χ0) is 13.8. The van der Waals surface area contributed by atoms with Crippen LogP contribution in [0.5, 0.6) is 0 Å². The Labute approximate surface area is 116 Å². The Kier molecular flexibility index (Phi) is 6.34. The molecule has 1 aliphatic rings. The Balaban J connectivity index is 2.71. The summed E-state index contributed by atoms with van der Waals surface area (Å²) in [6.45, 7) is 3.14. The van der Waals surface area contributed by atoms with E-state index in [0.29, 0.717) is 6.54 Å². The van der Waals surface area contributed by atoms with E-state index < -0.39 is 10.0 Å². The Morgan fingerprint density at radius 3 is 2.22 bits per heavy atom. The number of rotatable bonds is 6. The van der Waals surface area contributed by atoms with Gasteiger partial charge in [0.15, 0.2) is 0 Å². The van der Waals surface area contributed by atoms with Crippen LogP contribution in [-0.4, -0.2) is 81.1 Å². The predicted molar refractivity (Wildman–Crippen MR) is 75.4 cm³/mol. The number of hydrogen-bond donors (Lipinski definition) is 0. The minimum atomic E-state index is -3.32. The van der Waals surface area contributed by atoms with Crippen LogP contribution in [0.4, 0.5) is 0 Å². The van der Waals surface area contributed by atoms with Crippen molar-refractivity contribution in [1.29, 1.82) is 0 Å². The summed E-state index contributed by atoms with van der Waals surface area (Å²) in [7, 11) is 2.64. The van der Waals surface area contributed by atoms with Crippen LogP contribution in [0.3, 0.4) is 0 Å². The first-order valence-electron chi connectivity index (χ1n) is 6.25. The van der Waals surface area contributed by atoms with E-state index in [-0.39, 0.29) is 11.3 Å². The number of piperidine rings is 1. The zero-order valence-electron chi connectivity index (χ0n) is 11.5. The molecule has 0 aromatic carbocycles. The van der Waals surface area contributed by atoms with Gasteiger partial charge in [0.2, 0.25) is 10.0 Å². The number of likely N-dealkylation sites (tertiary alicyclic amines) is 1. The molecule has 0 N–H and O–H groups in total. The number of halogens is 1. The first-order chi connectivity index (χ1) is 8.36. The third-order valence-electron chi connectivity index (χ3n) is 3.36.